The number of nitrogens with one attached hydrogen (secondary N) is 2. The van der Waals surface area contributed by atoms with Crippen LogP contribution in [0.25, 0.3) is 0 Å². The van der Waals surface area contributed by atoms with Crippen LogP contribution in [0, 0.1) is 11.8 Å². The quantitative estimate of drug-likeness (QED) is 0.748. The van der Waals surface area contributed by atoms with Gasteiger partial charge < -0.3 is 15.5 Å². The van der Waals surface area contributed by atoms with Crippen molar-refractivity contribution >= 4 is 23.2 Å². The molecule has 1 aliphatic heterocycles. The van der Waals surface area contributed by atoms with Gasteiger partial charge in [0.15, 0.2) is 0 Å². The van der Waals surface area contributed by atoms with Crippen LogP contribution < -0.4 is 10.6 Å². The van der Waals surface area contributed by atoms with Crippen LogP contribution in [0.4, 0.5) is 0 Å². The van der Waals surface area contributed by atoms with Crippen LogP contribution in [0.2, 0.25) is 0 Å². The molecule has 1 aromatic rings. The molecule has 0 atom stereocenters. The molecule has 2 N–H and O–H groups in total. The van der Waals surface area contributed by atoms with Gasteiger partial charge in [-0.25, -0.2) is 0 Å². The number of likely N-dealkylation sites (tertiary alicyclic amines) is 1. The zero-order valence-electron chi connectivity index (χ0n) is 14.0. The van der Waals surface area contributed by atoms with Crippen LogP contribution in [0.3, 0.4) is 0 Å². The summed E-state index contributed by atoms with van der Waals surface area (Å²) in [4.78, 5) is 27.1. The Bertz CT molecular complexity index is 494. The number of carbonyl (C=O) groups excluding carboxylic acids is 2. The molecule has 1 aromatic heterocycles. The molecular formula is C17H27N3O2S. The SMILES string of the molecule is CC(C)CN1CCC(C(=O)NCCNC(=O)c2cccs2)CC1. The maximum Gasteiger partial charge on any atom is 0.261 e. The zero-order chi connectivity index (χ0) is 16.7. The first-order valence-electron chi connectivity index (χ1n) is 8.38. The van der Waals surface area contributed by atoms with Crippen LogP contribution in [0.1, 0.15) is 36.4 Å². The number of hydrogen-bond acceptors (Lipinski definition) is 4. The van der Waals surface area contributed by atoms with E-state index in [1.54, 1.807) is 6.07 Å². The molecule has 0 unspecified atom stereocenters. The molecule has 23 heavy (non-hydrogen) atoms. The molecule has 6 heteroatoms. The minimum atomic E-state index is -0.0729. The number of amides is 2. The molecule has 128 valence electrons. The number of carbonyl (C=O) groups is 2. The van der Waals surface area contributed by atoms with E-state index in [1.807, 2.05) is 11.4 Å². The molecule has 1 aliphatic rings. The third-order valence-electron chi connectivity index (χ3n) is 4.04. The van der Waals surface area contributed by atoms with Gasteiger partial charge in [-0.3, -0.25) is 9.59 Å². The Morgan fingerprint density at radius 2 is 1.96 bits per heavy atom. The Labute approximate surface area is 142 Å². The highest BCUT2D eigenvalue weighted by molar-refractivity contribution is 7.12. The van der Waals surface area contributed by atoms with Gasteiger partial charge in [0.2, 0.25) is 5.91 Å². The number of nitrogens with zero attached hydrogens (tertiary/aromatic N) is 1. The van der Waals surface area contributed by atoms with E-state index in [0.717, 1.165) is 32.5 Å². The molecule has 5 nitrogen and oxygen atoms in total. The fraction of sp³-hybridized carbons (Fsp3) is 0.647. The van der Waals surface area contributed by atoms with Crippen molar-refractivity contribution in [2.75, 3.05) is 32.7 Å². The lowest BCUT2D eigenvalue weighted by Crippen LogP contribution is -2.43. The van der Waals surface area contributed by atoms with Gasteiger partial charge in [-0.15, -0.1) is 11.3 Å². The van der Waals surface area contributed by atoms with Crippen molar-refractivity contribution in [2.24, 2.45) is 11.8 Å². The van der Waals surface area contributed by atoms with Gasteiger partial charge >= 0.3 is 0 Å². The number of thiophene rings is 1. The lowest BCUT2D eigenvalue weighted by atomic mass is 9.95. The molecule has 2 rings (SSSR count). The molecule has 1 fully saturated rings. The number of hydrogen-bond donors (Lipinski definition) is 2. The first-order chi connectivity index (χ1) is 11.1. The minimum Gasteiger partial charge on any atom is -0.354 e. The van der Waals surface area contributed by atoms with Crippen LogP contribution in [-0.2, 0) is 4.79 Å². The Morgan fingerprint density at radius 3 is 2.57 bits per heavy atom. The predicted molar refractivity (Wildman–Crippen MR) is 93.7 cm³/mol. The van der Waals surface area contributed by atoms with Crippen molar-refractivity contribution in [1.82, 2.24) is 15.5 Å². The van der Waals surface area contributed by atoms with E-state index in [9.17, 15) is 9.59 Å². The van der Waals surface area contributed by atoms with Gasteiger partial charge in [-0.05, 0) is 43.3 Å². The molecule has 0 radical (unpaired) electrons. The van der Waals surface area contributed by atoms with E-state index in [1.165, 1.54) is 11.3 Å². The smallest absolute Gasteiger partial charge is 0.261 e. The average molecular weight is 337 g/mol. The van der Waals surface area contributed by atoms with Crippen molar-refractivity contribution in [3.8, 4) is 0 Å². The lowest BCUT2D eigenvalue weighted by molar-refractivity contribution is -0.126. The highest BCUT2D eigenvalue weighted by Gasteiger charge is 2.24. The lowest BCUT2D eigenvalue weighted by Gasteiger charge is -2.32. The highest BCUT2D eigenvalue weighted by atomic mass is 32.1. The van der Waals surface area contributed by atoms with Crippen molar-refractivity contribution in [1.29, 1.82) is 0 Å². The summed E-state index contributed by atoms with van der Waals surface area (Å²) in [6.07, 6.45) is 1.86. The van der Waals surface area contributed by atoms with Crippen LogP contribution in [-0.4, -0.2) is 49.4 Å². The first kappa shape index (κ1) is 17.9. The highest BCUT2D eigenvalue weighted by Crippen LogP contribution is 2.18. The molecule has 2 heterocycles. The van der Waals surface area contributed by atoms with Crippen molar-refractivity contribution < 1.29 is 9.59 Å². The van der Waals surface area contributed by atoms with Gasteiger partial charge in [0.05, 0.1) is 4.88 Å². The van der Waals surface area contributed by atoms with Gasteiger partial charge in [-0.2, -0.15) is 0 Å². The van der Waals surface area contributed by atoms with Gasteiger partial charge in [0.1, 0.15) is 0 Å². The number of piperidine rings is 1. The van der Waals surface area contributed by atoms with Crippen LogP contribution in [0.15, 0.2) is 17.5 Å². The van der Waals surface area contributed by atoms with Crippen molar-refractivity contribution in [2.45, 2.75) is 26.7 Å². The third-order valence-corrected chi connectivity index (χ3v) is 4.91. The Kier molecular flexibility index (Phi) is 7.05. The second-order valence-corrected chi connectivity index (χ2v) is 7.44. The zero-order valence-corrected chi connectivity index (χ0v) is 14.8. The normalized spacial score (nSPS) is 16.5. The third kappa shape index (κ3) is 5.95. The van der Waals surface area contributed by atoms with E-state index in [4.69, 9.17) is 0 Å². The maximum atomic E-state index is 12.2. The van der Waals surface area contributed by atoms with E-state index >= 15 is 0 Å². The largest absolute Gasteiger partial charge is 0.354 e. The van der Waals surface area contributed by atoms with Crippen molar-refractivity contribution in [3.63, 3.8) is 0 Å². The molecule has 1 saturated heterocycles. The minimum absolute atomic E-state index is 0.0729. The summed E-state index contributed by atoms with van der Waals surface area (Å²) in [5, 5.41) is 7.64. The predicted octanol–water partition coefficient (Wildman–Crippen LogP) is 1.96. The van der Waals surface area contributed by atoms with E-state index < -0.39 is 0 Å². The molecule has 0 aliphatic carbocycles. The summed E-state index contributed by atoms with van der Waals surface area (Å²) in [6.45, 7) is 8.53. The van der Waals surface area contributed by atoms with Gasteiger partial charge in [0.25, 0.3) is 5.91 Å². The molecule has 2 amide bonds. The summed E-state index contributed by atoms with van der Waals surface area (Å²) in [7, 11) is 0. The average Bonchev–Trinajstić information content (AvgIpc) is 3.05. The fourth-order valence-corrected chi connectivity index (χ4v) is 3.54. The molecular weight excluding hydrogens is 310 g/mol. The van der Waals surface area contributed by atoms with Crippen molar-refractivity contribution in [3.05, 3.63) is 22.4 Å². The first-order valence-corrected chi connectivity index (χ1v) is 9.26. The Balaban J connectivity index is 1.59. The van der Waals surface area contributed by atoms with Gasteiger partial charge in [0, 0.05) is 25.6 Å². The monoisotopic (exact) mass is 337 g/mol. The molecule has 0 bridgehead atoms. The fourth-order valence-electron chi connectivity index (χ4n) is 2.90. The summed E-state index contributed by atoms with van der Waals surface area (Å²) in [5.41, 5.74) is 0. The second-order valence-electron chi connectivity index (χ2n) is 6.49. The summed E-state index contributed by atoms with van der Waals surface area (Å²) in [5.74, 6) is 0.842. The van der Waals surface area contributed by atoms with E-state index in [0.29, 0.717) is 23.9 Å². The van der Waals surface area contributed by atoms with Crippen LogP contribution >= 0.6 is 11.3 Å². The topological polar surface area (TPSA) is 61.4 Å². The number of rotatable bonds is 7. The summed E-state index contributed by atoms with van der Waals surface area (Å²) in [6, 6.07) is 3.65. The Hall–Kier alpha value is -1.40. The van der Waals surface area contributed by atoms with E-state index in [-0.39, 0.29) is 17.7 Å². The van der Waals surface area contributed by atoms with E-state index in [2.05, 4.69) is 29.4 Å². The summed E-state index contributed by atoms with van der Waals surface area (Å²) >= 11 is 1.42. The van der Waals surface area contributed by atoms with Crippen LogP contribution in [0.5, 0.6) is 0 Å². The second kappa shape index (κ2) is 9.03. The maximum absolute atomic E-state index is 12.2. The standard InChI is InChI=1S/C17H27N3O2S/c1-13(2)12-20-9-5-14(6-10-20)16(21)18-7-8-19-17(22)15-4-3-11-23-15/h3-4,11,13-14H,5-10,12H2,1-2H3,(H,18,21)(H,19,22). The molecule has 0 aromatic carbocycles. The summed E-state index contributed by atoms with van der Waals surface area (Å²) < 4.78 is 0. The molecule has 0 saturated carbocycles. The van der Waals surface area contributed by atoms with Gasteiger partial charge in [-0.1, -0.05) is 19.9 Å². The molecule has 0 spiro atoms. The Morgan fingerprint density at radius 1 is 1.26 bits per heavy atom.